The number of carbonyl (C=O) groups excluding carboxylic acids is 1. The van der Waals surface area contributed by atoms with Crippen LogP contribution in [0.3, 0.4) is 0 Å². The van der Waals surface area contributed by atoms with Crippen molar-refractivity contribution in [1.29, 1.82) is 0 Å². The molecule has 0 spiro atoms. The number of aryl methyl sites for hydroxylation is 1. The Morgan fingerprint density at radius 2 is 1.59 bits per heavy atom. The smallest absolute Gasteiger partial charge is 0.269 e. The zero-order valence-corrected chi connectivity index (χ0v) is 18.9. The summed E-state index contributed by atoms with van der Waals surface area (Å²) in [5.74, 6) is -0.168. The number of non-ortho nitro benzene ring substituents is 1. The topological polar surface area (TPSA) is 89.5 Å². The number of benzene rings is 3. The van der Waals surface area contributed by atoms with Crippen LogP contribution in [0.4, 0.5) is 5.69 Å². The molecule has 0 aliphatic heterocycles. The van der Waals surface area contributed by atoms with Crippen molar-refractivity contribution in [2.75, 3.05) is 0 Å². The SMILES string of the molecule is Cc1cc(/C=N\NC(=O)Cc2ccccc2)c(C)n1-c1ccc(-c2ccc([N+](=O)[O-])cc2)cc1. The van der Waals surface area contributed by atoms with Gasteiger partial charge in [-0.2, -0.15) is 5.10 Å². The van der Waals surface area contributed by atoms with E-state index in [1.54, 1.807) is 18.3 Å². The predicted octanol–water partition coefficient (Wildman–Crippen LogP) is 5.36. The van der Waals surface area contributed by atoms with E-state index in [1.807, 2.05) is 74.5 Å². The fraction of sp³-hybridized carbons (Fsp3) is 0.111. The van der Waals surface area contributed by atoms with Gasteiger partial charge in [0, 0.05) is 34.8 Å². The Balaban J connectivity index is 1.47. The highest BCUT2D eigenvalue weighted by Crippen LogP contribution is 2.25. The third-order valence-electron chi connectivity index (χ3n) is 5.61. The van der Waals surface area contributed by atoms with E-state index in [4.69, 9.17) is 0 Å². The Labute approximate surface area is 197 Å². The van der Waals surface area contributed by atoms with Crippen LogP contribution in [0.2, 0.25) is 0 Å². The van der Waals surface area contributed by atoms with Gasteiger partial charge < -0.3 is 4.57 Å². The highest BCUT2D eigenvalue weighted by atomic mass is 16.6. The Kier molecular flexibility index (Phi) is 6.64. The quantitative estimate of drug-likeness (QED) is 0.232. The van der Waals surface area contributed by atoms with E-state index < -0.39 is 4.92 Å². The van der Waals surface area contributed by atoms with Crippen molar-refractivity contribution in [3.63, 3.8) is 0 Å². The van der Waals surface area contributed by atoms with Crippen molar-refractivity contribution in [3.8, 4) is 16.8 Å². The largest absolute Gasteiger partial charge is 0.318 e. The average molecular weight is 453 g/mol. The molecule has 0 aliphatic rings. The molecule has 0 atom stereocenters. The average Bonchev–Trinajstić information content (AvgIpc) is 3.12. The molecule has 4 rings (SSSR count). The molecule has 7 heteroatoms. The van der Waals surface area contributed by atoms with Crippen molar-refractivity contribution in [2.24, 2.45) is 5.10 Å². The zero-order chi connectivity index (χ0) is 24.1. The van der Waals surface area contributed by atoms with Crippen LogP contribution in [-0.4, -0.2) is 21.6 Å². The second-order valence-corrected chi connectivity index (χ2v) is 7.97. The van der Waals surface area contributed by atoms with Gasteiger partial charge in [-0.05, 0) is 60.9 Å². The highest BCUT2D eigenvalue weighted by Gasteiger charge is 2.11. The van der Waals surface area contributed by atoms with Gasteiger partial charge in [0.25, 0.3) is 5.69 Å². The number of nitro benzene ring substituents is 1. The molecule has 34 heavy (non-hydrogen) atoms. The number of nitrogens with zero attached hydrogens (tertiary/aromatic N) is 3. The number of hydrazone groups is 1. The highest BCUT2D eigenvalue weighted by molar-refractivity contribution is 5.85. The fourth-order valence-corrected chi connectivity index (χ4v) is 3.89. The predicted molar refractivity (Wildman–Crippen MR) is 133 cm³/mol. The van der Waals surface area contributed by atoms with Gasteiger partial charge in [0.15, 0.2) is 0 Å². The lowest BCUT2D eigenvalue weighted by molar-refractivity contribution is -0.384. The summed E-state index contributed by atoms with van der Waals surface area (Å²) in [4.78, 5) is 22.6. The molecule has 0 aliphatic carbocycles. The summed E-state index contributed by atoms with van der Waals surface area (Å²) in [5, 5.41) is 15.0. The van der Waals surface area contributed by atoms with Crippen molar-refractivity contribution in [2.45, 2.75) is 20.3 Å². The van der Waals surface area contributed by atoms with Crippen LogP contribution < -0.4 is 5.43 Å². The molecule has 0 saturated heterocycles. The second kappa shape index (κ2) is 9.95. The molecule has 1 aromatic heterocycles. The van der Waals surface area contributed by atoms with Gasteiger partial charge in [-0.25, -0.2) is 5.43 Å². The van der Waals surface area contributed by atoms with E-state index >= 15 is 0 Å². The van der Waals surface area contributed by atoms with Crippen molar-refractivity contribution < 1.29 is 9.72 Å². The molecule has 0 fully saturated rings. The molecular weight excluding hydrogens is 428 g/mol. The van der Waals surface area contributed by atoms with Gasteiger partial charge in [-0.15, -0.1) is 0 Å². The van der Waals surface area contributed by atoms with Crippen molar-refractivity contribution >= 4 is 17.8 Å². The molecule has 1 heterocycles. The molecule has 3 aromatic carbocycles. The normalized spacial score (nSPS) is 11.0. The van der Waals surface area contributed by atoms with Gasteiger partial charge in [-0.3, -0.25) is 14.9 Å². The summed E-state index contributed by atoms with van der Waals surface area (Å²) in [6, 6.07) is 26.1. The third-order valence-corrected chi connectivity index (χ3v) is 5.61. The Hall–Kier alpha value is -4.52. The van der Waals surface area contributed by atoms with E-state index in [0.29, 0.717) is 0 Å². The molecule has 1 N–H and O–H groups in total. The Bertz CT molecular complexity index is 1340. The number of hydrogen-bond acceptors (Lipinski definition) is 4. The number of aromatic nitrogens is 1. The molecule has 0 bridgehead atoms. The number of amides is 1. The standard InChI is InChI=1S/C27H24N4O3/c1-19-16-24(18-28-29-27(32)17-21-6-4-3-5-7-21)20(2)30(19)25-12-8-22(9-13-25)23-10-14-26(15-11-23)31(33)34/h3-16,18H,17H2,1-2H3,(H,29,32)/b28-18-. The van der Waals surface area contributed by atoms with Crippen LogP contribution in [0.15, 0.2) is 90.0 Å². The minimum Gasteiger partial charge on any atom is -0.318 e. The maximum absolute atomic E-state index is 12.1. The van der Waals surface area contributed by atoms with Crippen molar-refractivity contribution in [3.05, 3.63) is 118 Å². The number of nitrogens with one attached hydrogen (secondary N) is 1. The van der Waals surface area contributed by atoms with Crippen LogP contribution in [0.5, 0.6) is 0 Å². The zero-order valence-electron chi connectivity index (χ0n) is 18.9. The van der Waals surface area contributed by atoms with Crippen LogP contribution in [-0.2, 0) is 11.2 Å². The lowest BCUT2D eigenvalue weighted by Gasteiger charge is -2.11. The minimum atomic E-state index is -0.403. The Morgan fingerprint density at radius 3 is 2.21 bits per heavy atom. The monoisotopic (exact) mass is 452 g/mol. The minimum absolute atomic E-state index is 0.0735. The first-order valence-electron chi connectivity index (χ1n) is 10.8. The number of rotatable bonds is 7. The summed E-state index contributed by atoms with van der Waals surface area (Å²) in [6.07, 6.45) is 1.94. The van der Waals surface area contributed by atoms with E-state index in [-0.39, 0.29) is 18.0 Å². The molecular formula is C27H24N4O3. The second-order valence-electron chi connectivity index (χ2n) is 7.97. The fourth-order valence-electron chi connectivity index (χ4n) is 3.89. The summed E-state index contributed by atoms with van der Waals surface area (Å²) >= 11 is 0. The van der Waals surface area contributed by atoms with Gasteiger partial charge in [0.2, 0.25) is 5.91 Å². The van der Waals surface area contributed by atoms with Gasteiger partial charge in [0.05, 0.1) is 17.6 Å². The van der Waals surface area contributed by atoms with Crippen LogP contribution in [0.1, 0.15) is 22.5 Å². The van der Waals surface area contributed by atoms with Gasteiger partial charge in [-0.1, -0.05) is 42.5 Å². The lowest BCUT2D eigenvalue weighted by Crippen LogP contribution is -2.19. The van der Waals surface area contributed by atoms with Crippen molar-refractivity contribution in [1.82, 2.24) is 9.99 Å². The third kappa shape index (κ3) is 5.10. The summed E-state index contributed by atoms with van der Waals surface area (Å²) in [6.45, 7) is 4.02. The molecule has 170 valence electrons. The molecule has 1 amide bonds. The lowest BCUT2D eigenvalue weighted by atomic mass is 10.0. The van der Waals surface area contributed by atoms with E-state index in [1.165, 1.54) is 12.1 Å². The number of carbonyl (C=O) groups is 1. The first-order valence-corrected chi connectivity index (χ1v) is 10.8. The van der Waals surface area contributed by atoms with Crippen LogP contribution in [0, 0.1) is 24.0 Å². The molecule has 7 nitrogen and oxygen atoms in total. The van der Waals surface area contributed by atoms with Crippen LogP contribution >= 0.6 is 0 Å². The summed E-state index contributed by atoms with van der Waals surface area (Å²) in [7, 11) is 0. The van der Waals surface area contributed by atoms with E-state index in [9.17, 15) is 14.9 Å². The maximum Gasteiger partial charge on any atom is 0.269 e. The molecule has 0 radical (unpaired) electrons. The first-order chi connectivity index (χ1) is 16.4. The van der Waals surface area contributed by atoms with Crippen LogP contribution in [0.25, 0.3) is 16.8 Å². The van der Waals surface area contributed by atoms with E-state index in [2.05, 4.69) is 15.1 Å². The molecule has 0 unspecified atom stereocenters. The van der Waals surface area contributed by atoms with E-state index in [0.717, 1.165) is 39.3 Å². The maximum atomic E-state index is 12.1. The number of hydrogen-bond donors (Lipinski definition) is 1. The van der Waals surface area contributed by atoms with Gasteiger partial charge >= 0.3 is 0 Å². The summed E-state index contributed by atoms with van der Waals surface area (Å²) in [5.41, 5.74) is 9.44. The first kappa shape index (κ1) is 22.7. The molecule has 4 aromatic rings. The Morgan fingerprint density at radius 1 is 0.971 bits per heavy atom. The number of nitro groups is 1. The summed E-state index contributed by atoms with van der Waals surface area (Å²) < 4.78 is 2.12. The molecule has 0 saturated carbocycles. The van der Waals surface area contributed by atoms with Gasteiger partial charge in [0.1, 0.15) is 0 Å².